The molecule has 0 aliphatic rings. The van der Waals surface area contributed by atoms with E-state index in [1.54, 1.807) is 24.3 Å². The lowest BCUT2D eigenvalue weighted by atomic mass is 9.95. The molecule has 2 aromatic carbocycles. The number of hydrogen-bond acceptors (Lipinski definition) is 2. The number of halogens is 1. The highest BCUT2D eigenvalue weighted by Crippen LogP contribution is 2.22. The smallest absolute Gasteiger partial charge is 0.224 e. The fourth-order valence-corrected chi connectivity index (χ4v) is 2.62. The maximum atomic E-state index is 13.1. The summed E-state index contributed by atoms with van der Waals surface area (Å²) >= 11 is 0. The Bertz CT molecular complexity index is 724. The highest BCUT2D eigenvalue weighted by molar-refractivity contribution is 5.88. The Labute approximate surface area is 147 Å². The quantitative estimate of drug-likeness (QED) is 0.838. The standard InChI is InChI=1S/C20H23FN2O2/c1-13(2)20(16-6-8-17(21)9-7-16)23-19(25)12-15-4-10-18(11-5-15)22-14(3)24/h4-11,13,20H,12H2,1-3H3,(H,22,24)(H,23,25)/t20-/m1/s1. The van der Waals surface area contributed by atoms with Crippen LogP contribution in [0.1, 0.15) is 37.9 Å². The van der Waals surface area contributed by atoms with Crippen LogP contribution < -0.4 is 10.6 Å². The first-order valence-electron chi connectivity index (χ1n) is 8.26. The van der Waals surface area contributed by atoms with Gasteiger partial charge in [0.15, 0.2) is 0 Å². The molecule has 0 heterocycles. The Morgan fingerprint density at radius 3 is 2.12 bits per heavy atom. The van der Waals surface area contributed by atoms with Crippen molar-refractivity contribution in [1.82, 2.24) is 5.32 Å². The van der Waals surface area contributed by atoms with E-state index in [0.717, 1.165) is 11.1 Å². The van der Waals surface area contributed by atoms with Crippen molar-refractivity contribution in [3.05, 3.63) is 65.5 Å². The van der Waals surface area contributed by atoms with E-state index in [1.165, 1.54) is 19.1 Å². The molecule has 2 rings (SSSR count). The van der Waals surface area contributed by atoms with Gasteiger partial charge in [0.05, 0.1) is 12.5 Å². The van der Waals surface area contributed by atoms with Crippen LogP contribution in [0.2, 0.25) is 0 Å². The predicted octanol–water partition coefficient (Wildman–Crippen LogP) is 3.84. The van der Waals surface area contributed by atoms with Crippen molar-refractivity contribution in [2.45, 2.75) is 33.2 Å². The summed E-state index contributed by atoms with van der Waals surface area (Å²) < 4.78 is 13.1. The zero-order valence-corrected chi connectivity index (χ0v) is 14.7. The van der Waals surface area contributed by atoms with Crippen molar-refractivity contribution in [2.24, 2.45) is 5.92 Å². The molecule has 0 aromatic heterocycles. The zero-order chi connectivity index (χ0) is 18.4. The monoisotopic (exact) mass is 342 g/mol. The van der Waals surface area contributed by atoms with Gasteiger partial charge in [-0.15, -0.1) is 0 Å². The van der Waals surface area contributed by atoms with E-state index in [2.05, 4.69) is 10.6 Å². The molecule has 1 atom stereocenters. The SMILES string of the molecule is CC(=O)Nc1ccc(CC(=O)N[C@@H](c2ccc(F)cc2)C(C)C)cc1. The first-order chi connectivity index (χ1) is 11.8. The average Bonchev–Trinajstić information content (AvgIpc) is 2.55. The van der Waals surface area contributed by atoms with E-state index in [4.69, 9.17) is 0 Å². The fraction of sp³-hybridized carbons (Fsp3) is 0.300. The molecule has 4 nitrogen and oxygen atoms in total. The number of benzene rings is 2. The zero-order valence-electron chi connectivity index (χ0n) is 14.7. The van der Waals surface area contributed by atoms with Crippen LogP contribution in [-0.2, 0) is 16.0 Å². The summed E-state index contributed by atoms with van der Waals surface area (Å²) in [5.41, 5.74) is 2.43. The van der Waals surface area contributed by atoms with Crippen molar-refractivity contribution in [2.75, 3.05) is 5.32 Å². The number of hydrogen-bond donors (Lipinski definition) is 2. The summed E-state index contributed by atoms with van der Waals surface area (Å²) in [6.45, 7) is 5.47. The molecule has 5 heteroatoms. The minimum atomic E-state index is -0.295. The Morgan fingerprint density at radius 2 is 1.60 bits per heavy atom. The van der Waals surface area contributed by atoms with E-state index < -0.39 is 0 Å². The van der Waals surface area contributed by atoms with Crippen LogP contribution in [0.4, 0.5) is 10.1 Å². The minimum absolute atomic E-state index is 0.102. The van der Waals surface area contributed by atoms with Gasteiger partial charge in [0, 0.05) is 12.6 Å². The molecule has 0 aliphatic carbocycles. The van der Waals surface area contributed by atoms with Crippen LogP contribution in [-0.4, -0.2) is 11.8 Å². The number of nitrogens with one attached hydrogen (secondary N) is 2. The predicted molar refractivity (Wildman–Crippen MR) is 96.6 cm³/mol. The van der Waals surface area contributed by atoms with Crippen LogP contribution in [0.5, 0.6) is 0 Å². The molecule has 0 bridgehead atoms. The Balaban J connectivity index is 2.01. The molecule has 2 N–H and O–H groups in total. The van der Waals surface area contributed by atoms with Crippen LogP contribution >= 0.6 is 0 Å². The molecule has 0 saturated heterocycles. The molecule has 0 radical (unpaired) electrons. The molecule has 2 amide bonds. The number of amides is 2. The largest absolute Gasteiger partial charge is 0.349 e. The molecule has 0 unspecified atom stereocenters. The van der Waals surface area contributed by atoms with Crippen LogP contribution in [0.3, 0.4) is 0 Å². The number of rotatable bonds is 6. The van der Waals surface area contributed by atoms with Gasteiger partial charge in [-0.1, -0.05) is 38.1 Å². The third-order valence-electron chi connectivity index (χ3n) is 3.85. The van der Waals surface area contributed by atoms with Gasteiger partial charge < -0.3 is 10.6 Å². The van der Waals surface area contributed by atoms with Gasteiger partial charge in [0.25, 0.3) is 0 Å². The minimum Gasteiger partial charge on any atom is -0.349 e. The topological polar surface area (TPSA) is 58.2 Å². The maximum absolute atomic E-state index is 13.1. The summed E-state index contributed by atoms with van der Waals surface area (Å²) in [4.78, 5) is 23.4. The molecule has 2 aromatic rings. The van der Waals surface area contributed by atoms with Crippen molar-refractivity contribution in [1.29, 1.82) is 0 Å². The fourth-order valence-electron chi connectivity index (χ4n) is 2.62. The number of carbonyl (C=O) groups excluding carboxylic acids is 2. The summed E-state index contributed by atoms with van der Waals surface area (Å²) in [6.07, 6.45) is 0.241. The summed E-state index contributed by atoms with van der Waals surface area (Å²) in [5, 5.41) is 5.70. The van der Waals surface area contributed by atoms with E-state index in [-0.39, 0.29) is 36.0 Å². The third kappa shape index (κ3) is 5.71. The van der Waals surface area contributed by atoms with Gasteiger partial charge in [-0.05, 0) is 41.3 Å². The Morgan fingerprint density at radius 1 is 1.00 bits per heavy atom. The van der Waals surface area contributed by atoms with Crippen LogP contribution in [0.15, 0.2) is 48.5 Å². The highest BCUT2D eigenvalue weighted by atomic mass is 19.1. The van der Waals surface area contributed by atoms with Crippen LogP contribution in [0.25, 0.3) is 0 Å². The van der Waals surface area contributed by atoms with Crippen molar-refractivity contribution in [3.63, 3.8) is 0 Å². The molecule has 0 aliphatic heterocycles. The average molecular weight is 342 g/mol. The second-order valence-electron chi connectivity index (χ2n) is 6.40. The van der Waals surface area contributed by atoms with E-state index in [9.17, 15) is 14.0 Å². The Hall–Kier alpha value is -2.69. The van der Waals surface area contributed by atoms with Gasteiger partial charge in [-0.25, -0.2) is 4.39 Å². The lowest BCUT2D eigenvalue weighted by Gasteiger charge is -2.23. The second-order valence-corrected chi connectivity index (χ2v) is 6.40. The number of anilines is 1. The van der Waals surface area contributed by atoms with E-state index in [1.807, 2.05) is 26.0 Å². The van der Waals surface area contributed by atoms with Crippen molar-refractivity contribution < 1.29 is 14.0 Å². The number of carbonyl (C=O) groups is 2. The molecule has 25 heavy (non-hydrogen) atoms. The van der Waals surface area contributed by atoms with Gasteiger partial charge in [-0.3, -0.25) is 9.59 Å². The Kier molecular flexibility index (Phi) is 6.28. The molecular formula is C20H23FN2O2. The van der Waals surface area contributed by atoms with Gasteiger partial charge in [0.2, 0.25) is 11.8 Å². The van der Waals surface area contributed by atoms with E-state index >= 15 is 0 Å². The molecule has 0 fully saturated rings. The molecular weight excluding hydrogens is 319 g/mol. The maximum Gasteiger partial charge on any atom is 0.224 e. The van der Waals surface area contributed by atoms with Crippen LogP contribution in [0, 0.1) is 11.7 Å². The van der Waals surface area contributed by atoms with Gasteiger partial charge >= 0.3 is 0 Å². The van der Waals surface area contributed by atoms with Gasteiger partial charge in [0.1, 0.15) is 5.82 Å². The molecule has 0 saturated carbocycles. The summed E-state index contributed by atoms with van der Waals surface area (Å²) in [7, 11) is 0. The first-order valence-corrected chi connectivity index (χ1v) is 8.26. The van der Waals surface area contributed by atoms with Crippen molar-refractivity contribution in [3.8, 4) is 0 Å². The molecule has 0 spiro atoms. The normalized spacial score (nSPS) is 11.9. The third-order valence-corrected chi connectivity index (χ3v) is 3.85. The second kappa shape index (κ2) is 8.42. The van der Waals surface area contributed by atoms with E-state index in [0.29, 0.717) is 5.69 Å². The lowest BCUT2D eigenvalue weighted by molar-refractivity contribution is -0.121. The molecule has 132 valence electrons. The first kappa shape index (κ1) is 18.6. The van der Waals surface area contributed by atoms with Crippen molar-refractivity contribution >= 4 is 17.5 Å². The highest BCUT2D eigenvalue weighted by Gasteiger charge is 2.18. The lowest BCUT2D eigenvalue weighted by Crippen LogP contribution is -2.32. The summed E-state index contributed by atoms with van der Waals surface area (Å²) in [5.74, 6) is -0.353. The van der Waals surface area contributed by atoms with Gasteiger partial charge in [-0.2, -0.15) is 0 Å². The summed E-state index contributed by atoms with van der Waals surface area (Å²) in [6, 6.07) is 13.2.